The van der Waals surface area contributed by atoms with E-state index in [2.05, 4.69) is 5.32 Å². The smallest absolute Gasteiger partial charge is 0.328 e. The minimum Gasteiger partial charge on any atom is -0.467 e. The lowest BCUT2D eigenvalue weighted by Crippen LogP contribution is -2.47. The standard InChI is InChI=1S/C15H21NO3/c1-15(2,3)14(18)16-12(13(17)19-4)10-11-8-6-5-7-9-11/h5-9,12H,10H2,1-4H3,(H,16,18)/t12-/m1/s1. The summed E-state index contributed by atoms with van der Waals surface area (Å²) >= 11 is 0. The molecule has 0 saturated carbocycles. The maximum Gasteiger partial charge on any atom is 0.328 e. The molecule has 4 heteroatoms. The normalized spacial score (nSPS) is 12.6. The number of carbonyl (C=O) groups excluding carboxylic acids is 2. The van der Waals surface area contributed by atoms with Crippen LogP contribution < -0.4 is 5.32 Å². The highest BCUT2D eigenvalue weighted by Crippen LogP contribution is 2.14. The highest BCUT2D eigenvalue weighted by molar-refractivity contribution is 5.87. The zero-order valence-corrected chi connectivity index (χ0v) is 11.9. The average Bonchev–Trinajstić information content (AvgIpc) is 2.37. The molecule has 0 aromatic heterocycles. The van der Waals surface area contributed by atoms with Crippen LogP contribution in [0, 0.1) is 5.41 Å². The lowest BCUT2D eigenvalue weighted by atomic mass is 9.94. The zero-order chi connectivity index (χ0) is 14.5. The molecule has 0 aliphatic carbocycles. The van der Waals surface area contributed by atoms with E-state index in [-0.39, 0.29) is 5.91 Å². The van der Waals surface area contributed by atoms with Crippen molar-refractivity contribution in [3.8, 4) is 0 Å². The van der Waals surface area contributed by atoms with Crippen LogP contribution in [0.2, 0.25) is 0 Å². The van der Waals surface area contributed by atoms with Crippen LogP contribution in [0.1, 0.15) is 26.3 Å². The molecule has 4 nitrogen and oxygen atoms in total. The van der Waals surface area contributed by atoms with E-state index >= 15 is 0 Å². The SMILES string of the molecule is COC(=O)[C@@H](Cc1ccccc1)NC(=O)C(C)(C)C. The summed E-state index contributed by atoms with van der Waals surface area (Å²) in [6.45, 7) is 5.41. The number of methoxy groups -OCH3 is 1. The molecule has 0 aliphatic heterocycles. The van der Waals surface area contributed by atoms with Crippen molar-refractivity contribution in [1.29, 1.82) is 0 Å². The van der Waals surface area contributed by atoms with E-state index in [0.717, 1.165) is 5.56 Å². The van der Waals surface area contributed by atoms with E-state index < -0.39 is 17.4 Å². The minimum atomic E-state index is -0.654. The molecular weight excluding hydrogens is 242 g/mol. The summed E-state index contributed by atoms with van der Waals surface area (Å²) in [5.74, 6) is -0.597. The predicted octanol–water partition coefficient (Wildman–Crippen LogP) is 1.93. The Bertz CT molecular complexity index is 434. The number of rotatable bonds is 4. The molecule has 104 valence electrons. The molecule has 0 saturated heterocycles. The summed E-state index contributed by atoms with van der Waals surface area (Å²) < 4.78 is 4.74. The van der Waals surface area contributed by atoms with E-state index in [0.29, 0.717) is 6.42 Å². The van der Waals surface area contributed by atoms with Crippen molar-refractivity contribution < 1.29 is 14.3 Å². The minimum absolute atomic E-state index is 0.168. The van der Waals surface area contributed by atoms with Crippen molar-refractivity contribution in [3.63, 3.8) is 0 Å². The van der Waals surface area contributed by atoms with Crippen molar-refractivity contribution >= 4 is 11.9 Å². The first-order chi connectivity index (χ1) is 8.84. The van der Waals surface area contributed by atoms with Gasteiger partial charge in [0.2, 0.25) is 5.91 Å². The number of amides is 1. The Balaban J connectivity index is 2.79. The molecule has 0 fully saturated rings. The van der Waals surface area contributed by atoms with Gasteiger partial charge in [-0.3, -0.25) is 4.79 Å². The van der Waals surface area contributed by atoms with Crippen molar-refractivity contribution in [2.24, 2.45) is 5.41 Å². The Labute approximate surface area is 114 Å². The molecule has 1 aromatic carbocycles. The fourth-order valence-corrected chi connectivity index (χ4v) is 1.56. The first-order valence-corrected chi connectivity index (χ1v) is 6.27. The third kappa shape index (κ3) is 4.73. The van der Waals surface area contributed by atoms with Gasteiger partial charge in [0, 0.05) is 11.8 Å². The van der Waals surface area contributed by atoms with Gasteiger partial charge in [-0.25, -0.2) is 4.79 Å². The number of ether oxygens (including phenoxy) is 1. The third-order valence-corrected chi connectivity index (χ3v) is 2.75. The average molecular weight is 263 g/mol. The number of hydrogen-bond acceptors (Lipinski definition) is 3. The van der Waals surface area contributed by atoms with Crippen LogP contribution in [0.15, 0.2) is 30.3 Å². The number of hydrogen-bond donors (Lipinski definition) is 1. The number of nitrogens with one attached hydrogen (secondary N) is 1. The number of carbonyl (C=O) groups is 2. The molecular formula is C15H21NO3. The van der Waals surface area contributed by atoms with Crippen molar-refractivity contribution in [1.82, 2.24) is 5.32 Å². The van der Waals surface area contributed by atoms with Crippen LogP contribution in [0.5, 0.6) is 0 Å². The second-order valence-corrected chi connectivity index (χ2v) is 5.49. The lowest BCUT2D eigenvalue weighted by Gasteiger charge is -2.23. The van der Waals surface area contributed by atoms with E-state index in [1.807, 2.05) is 30.3 Å². The van der Waals surface area contributed by atoms with Crippen LogP contribution in [0.3, 0.4) is 0 Å². The van der Waals surface area contributed by atoms with Crippen LogP contribution in [0.25, 0.3) is 0 Å². The van der Waals surface area contributed by atoms with E-state index in [9.17, 15) is 9.59 Å². The predicted molar refractivity (Wildman–Crippen MR) is 73.5 cm³/mol. The molecule has 1 atom stereocenters. The van der Waals surface area contributed by atoms with Gasteiger partial charge in [0.15, 0.2) is 0 Å². The topological polar surface area (TPSA) is 55.4 Å². The van der Waals surface area contributed by atoms with Gasteiger partial charge in [0.05, 0.1) is 7.11 Å². The van der Waals surface area contributed by atoms with Crippen LogP contribution >= 0.6 is 0 Å². The second-order valence-electron chi connectivity index (χ2n) is 5.49. The van der Waals surface area contributed by atoms with E-state index in [1.54, 1.807) is 20.8 Å². The summed E-state index contributed by atoms with van der Waals surface area (Å²) in [6, 6.07) is 8.88. The highest BCUT2D eigenvalue weighted by Gasteiger charge is 2.28. The molecule has 0 bridgehead atoms. The number of benzene rings is 1. The van der Waals surface area contributed by atoms with Gasteiger partial charge in [0.25, 0.3) is 0 Å². The van der Waals surface area contributed by atoms with Crippen molar-refractivity contribution in [2.75, 3.05) is 7.11 Å². The van der Waals surface area contributed by atoms with Crippen molar-refractivity contribution in [3.05, 3.63) is 35.9 Å². The van der Waals surface area contributed by atoms with E-state index in [4.69, 9.17) is 4.74 Å². The molecule has 19 heavy (non-hydrogen) atoms. The Hall–Kier alpha value is -1.84. The maximum absolute atomic E-state index is 12.0. The maximum atomic E-state index is 12.0. The summed E-state index contributed by atoms with van der Waals surface area (Å²) in [4.78, 5) is 23.7. The molecule has 0 aliphatic rings. The van der Waals surface area contributed by atoms with Crippen LogP contribution in [-0.4, -0.2) is 25.0 Å². The molecule has 1 aromatic rings. The Morgan fingerprint density at radius 3 is 2.26 bits per heavy atom. The molecule has 0 unspecified atom stereocenters. The molecule has 1 rings (SSSR count). The molecule has 1 amide bonds. The van der Waals surface area contributed by atoms with Gasteiger partial charge in [-0.2, -0.15) is 0 Å². The molecule has 0 spiro atoms. The van der Waals surface area contributed by atoms with Crippen molar-refractivity contribution in [2.45, 2.75) is 33.2 Å². The molecule has 0 heterocycles. The number of esters is 1. The Morgan fingerprint density at radius 1 is 1.21 bits per heavy atom. The Morgan fingerprint density at radius 2 is 1.79 bits per heavy atom. The fraction of sp³-hybridized carbons (Fsp3) is 0.467. The quantitative estimate of drug-likeness (QED) is 0.845. The highest BCUT2D eigenvalue weighted by atomic mass is 16.5. The monoisotopic (exact) mass is 263 g/mol. The summed E-state index contributed by atoms with van der Waals surface area (Å²) in [5.41, 5.74) is 0.440. The van der Waals surface area contributed by atoms with Crippen LogP contribution in [0.4, 0.5) is 0 Å². The lowest BCUT2D eigenvalue weighted by molar-refractivity contribution is -0.146. The first kappa shape index (κ1) is 15.2. The van der Waals surface area contributed by atoms with Gasteiger partial charge < -0.3 is 10.1 Å². The molecule has 0 radical (unpaired) electrons. The molecule has 1 N–H and O–H groups in total. The summed E-state index contributed by atoms with van der Waals surface area (Å²) in [7, 11) is 1.32. The van der Waals surface area contributed by atoms with E-state index in [1.165, 1.54) is 7.11 Å². The van der Waals surface area contributed by atoms with Crippen LogP contribution in [-0.2, 0) is 20.7 Å². The third-order valence-electron chi connectivity index (χ3n) is 2.75. The fourth-order valence-electron chi connectivity index (χ4n) is 1.56. The van der Waals surface area contributed by atoms with Gasteiger partial charge in [-0.15, -0.1) is 0 Å². The summed E-state index contributed by atoms with van der Waals surface area (Å²) in [6.07, 6.45) is 0.426. The van der Waals surface area contributed by atoms with Gasteiger partial charge in [-0.05, 0) is 5.56 Å². The zero-order valence-electron chi connectivity index (χ0n) is 11.9. The van der Waals surface area contributed by atoms with Gasteiger partial charge in [0.1, 0.15) is 6.04 Å². The summed E-state index contributed by atoms with van der Waals surface area (Å²) in [5, 5.41) is 2.74. The van der Waals surface area contributed by atoms with Gasteiger partial charge >= 0.3 is 5.97 Å². The second kappa shape index (κ2) is 6.36. The largest absolute Gasteiger partial charge is 0.467 e. The first-order valence-electron chi connectivity index (χ1n) is 6.27. The van der Waals surface area contributed by atoms with Gasteiger partial charge in [-0.1, -0.05) is 51.1 Å². The Kier molecular flexibility index (Phi) is 5.10.